The third kappa shape index (κ3) is 5.66. The summed E-state index contributed by atoms with van der Waals surface area (Å²) in [4.78, 5) is 24.0. The number of nitrogens with one attached hydrogen (secondary N) is 2. The van der Waals surface area contributed by atoms with Gasteiger partial charge < -0.3 is 16.4 Å². The molecule has 2 aromatic rings. The highest BCUT2D eigenvalue weighted by molar-refractivity contribution is 6.42. The van der Waals surface area contributed by atoms with Crippen molar-refractivity contribution < 1.29 is 9.59 Å². The first kappa shape index (κ1) is 19.1. The van der Waals surface area contributed by atoms with E-state index in [2.05, 4.69) is 10.6 Å². The van der Waals surface area contributed by atoms with Gasteiger partial charge in [-0.2, -0.15) is 0 Å². The normalized spacial score (nSPS) is 12.9. The number of primary amides is 1. The molecule has 0 aliphatic heterocycles. The van der Waals surface area contributed by atoms with E-state index in [0.29, 0.717) is 22.2 Å². The maximum absolute atomic E-state index is 12.4. The Hall–Kier alpha value is -2.24. The lowest BCUT2D eigenvalue weighted by Crippen LogP contribution is -2.50. The van der Waals surface area contributed by atoms with Crippen molar-refractivity contribution in [3.63, 3.8) is 0 Å². The summed E-state index contributed by atoms with van der Waals surface area (Å²) in [6, 6.07) is 13.0. The average molecular weight is 380 g/mol. The summed E-state index contributed by atoms with van der Waals surface area (Å²) >= 11 is 11.8. The Bertz CT molecular complexity index is 753. The molecular weight excluding hydrogens is 361 g/mol. The van der Waals surface area contributed by atoms with Gasteiger partial charge in [-0.25, -0.2) is 0 Å². The minimum Gasteiger partial charge on any atom is -0.374 e. The Labute approximate surface area is 156 Å². The average Bonchev–Trinajstić information content (AvgIpc) is 2.58. The fraction of sp³-hybridized carbons (Fsp3) is 0.222. The molecule has 7 heteroatoms. The van der Waals surface area contributed by atoms with Crippen LogP contribution in [-0.4, -0.2) is 23.9 Å². The van der Waals surface area contributed by atoms with Crippen molar-refractivity contribution in [1.82, 2.24) is 5.32 Å². The highest BCUT2D eigenvalue weighted by atomic mass is 35.5. The van der Waals surface area contributed by atoms with Gasteiger partial charge in [0.25, 0.3) is 0 Å². The predicted molar refractivity (Wildman–Crippen MR) is 101 cm³/mol. The molecule has 0 heterocycles. The summed E-state index contributed by atoms with van der Waals surface area (Å²) in [6.45, 7) is 1.68. The fourth-order valence-electron chi connectivity index (χ4n) is 2.27. The summed E-state index contributed by atoms with van der Waals surface area (Å²) in [7, 11) is 0. The van der Waals surface area contributed by atoms with Crippen LogP contribution in [0, 0.1) is 0 Å². The summed E-state index contributed by atoms with van der Waals surface area (Å²) in [5, 5.41) is 6.51. The molecule has 0 aliphatic rings. The van der Waals surface area contributed by atoms with Crippen LogP contribution in [0.2, 0.25) is 10.0 Å². The van der Waals surface area contributed by atoms with Crippen LogP contribution in [0.15, 0.2) is 48.5 Å². The van der Waals surface area contributed by atoms with Gasteiger partial charge in [0.15, 0.2) is 0 Å². The van der Waals surface area contributed by atoms with Gasteiger partial charge in [-0.1, -0.05) is 53.5 Å². The topological polar surface area (TPSA) is 84.2 Å². The van der Waals surface area contributed by atoms with Gasteiger partial charge in [-0.3, -0.25) is 9.59 Å². The molecule has 2 unspecified atom stereocenters. The van der Waals surface area contributed by atoms with Crippen molar-refractivity contribution in [2.45, 2.75) is 25.4 Å². The lowest BCUT2D eigenvalue weighted by Gasteiger charge is -2.20. The second-order valence-electron chi connectivity index (χ2n) is 5.65. The van der Waals surface area contributed by atoms with E-state index in [1.165, 1.54) is 0 Å². The summed E-state index contributed by atoms with van der Waals surface area (Å²) < 4.78 is 0. The Morgan fingerprint density at radius 2 is 1.76 bits per heavy atom. The van der Waals surface area contributed by atoms with Crippen LogP contribution in [-0.2, 0) is 16.0 Å². The molecule has 0 fully saturated rings. The van der Waals surface area contributed by atoms with Crippen molar-refractivity contribution in [3.05, 3.63) is 64.1 Å². The number of rotatable bonds is 7. The van der Waals surface area contributed by atoms with E-state index in [4.69, 9.17) is 28.9 Å². The van der Waals surface area contributed by atoms with E-state index in [1.54, 1.807) is 25.1 Å². The van der Waals surface area contributed by atoms with Crippen molar-refractivity contribution in [2.75, 3.05) is 5.32 Å². The fourth-order valence-corrected chi connectivity index (χ4v) is 2.57. The number of carbonyl (C=O) groups excluding carboxylic acids is 2. The molecule has 2 atom stereocenters. The van der Waals surface area contributed by atoms with Crippen LogP contribution >= 0.6 is 23.2 Å². The zero-order valence-corrected chi connectivity index (χ0v) is 15.1. The van der Waals surface area contributed by atoms with Crippen LogP contribution in [0.25, 0.3) is 0 Å². The maximum Gasteiger partial charge on any atom is 0.242 e. The molecule has 0 saturated heterocycles. The van der Waals surface area contributed by atoms with Gasteiger partial charge in [-0.15, -0.1) is 0 Å². The van der Waals surface area contributed by atoms with Crippen LogP contribution in [0.1, 0.15) is 12.5 Å². The first-order valence-corrected chi connectivity index (χ1v) is 8.47. The monoisotopic (exact) mass is 379 g/mol. The number of amides is 2. The molecule has 0 saturated carbocycles. The lowest BCUT2D eigenvalue weighted by molar-refractivity contribution is -0.127. The quantitative estimate of drug-likeness (QED) is 0.691. The third-order valence-corrected chi connectivity index (χ3v) is 4.38. The number of halogens is 2. The number of carbonyl (C=O) groups is 2. The van der Waals surface area contributed by atoms with Crippen LogP contribution < -0.4 is 16.4 Å². The van der Waals surface area contributed by atoms with Gasteiger partial charge in [0.1, 0.15) is 12.1 Å². The van der Waals surface area contributed by atoms with Gasteiger partial charge in [0, 0.05) is 12.1 Å². The van der Waals surface area contributed by atoms with Crippen LogP contribution in [0.3, 0.4) is 0 Å². The van der Waals surface area contributed by atoms with E-state index >= 15 is 0 Å². The Balaban J connectivity index is 1.99. The van der Waals surface area contributed by atoms with E-state index in [1.807, 2.05) is 30.3 Å². The largest absolute Gasteiger partial charge is 0.374 e. The van der Waals surface area contributed by atoms with Gasteiger partial charge in [0.2, 0.25) is 11.8 Å². The van der Waals surface area contributed by atoms with E-state index in [0.717, 1.165) is 5.56 Å². The van der Waals surface area contributed by atoms with Crippen molar-refractivity contribution >= 4 is 40.7 Å². The maximum atomic E-state index is 12.4. The summed E-state index contributed by atoms with van der Waals surface area (Å²) in [5.41, 5.74) is 6.98. The SMILES string of the molecule is CC(Nc1ccc(Cl)c(Cl)c1)C(=O)NC(Cc1ccccc1)C(N)=O. The zero-order valence-electron chi connectivity index (χ0n) is 13.6. The predicted octanol–water partition coefficient (Wildman–Crippen LogP) is 3.01. The highest BCUT2D eigenvalue weighted by Gasteiger charge is 2.22. The third-order valence-electron chi connectivity index (χ3n) is 3.64. The molecular formula is C18H19Cl2N3O2. The van der Waals surface area contributed by atoms with Crippen molar-refractivity contribution in [1.29, 1.82) is 0 Å². The highest BCUT2D eigenvalue weighted by Crippen LogP contribution is 2.25. The van der Waals surface area contributed by atoms with Crippen molar-refractivity contribution in [2.24, 2.45) is 5.73 Å². The smallest absolute Gasteiger partial charge is 0.242 e. The number of hydrogen-bond acceptors (Lipinski definition) is 3. The van der Waals surface area contributed by atoms with E-state index in [-0.39, 0.29) is 5.91 Å². The summed E-state index contributed by atoms with van der Waals surface area (Å²) in [6.07, 6.45) is 0.335. The standard InChI is InChI=1S/C18H19Cl2N3O2/c1-11(22-13-7-8-14(19)15(20)10-13)18(25)23-16(17(21)24)9-12-5-3-2-4-6-12/h2-8,10-11,16,22H,9H2,1H3,(H2,21,24)(H,23,25). The van der Waals surface area contributed by atoms with Gasteiger partial charge in [-0.05, 0) is 30.7 Å². The number of hydrogen-bond donors (Lipinski definition) is 3. The van der Waals surface area contributed by atoms with Crippen molar-refractivity contribution in [3.8, 4) is 0 Å². The molecule has 0 aromatic heterocycles. The molecule has 0 radical (unpaired) electrons. The number of anilines is 1. The molecule has 4 N–H and O–H groups in total. The first-order valence-electron chi connectivity index (χ1n) is 7.72. The molecule has 132 valence electrons. The first-order chi connectivity index (χ1) is 11.9. The van der Waals surface area contributed by atoms with Crippen LogP contribution in [0.5, 0.6) is 0 Å². The van der Waals surface area contributed by atoms with Gasteiger partial charge >= 0.3 is 0 Å². The second kappa shape index (κ2) is 8.74. The molecule has 2 rings (SSSR count). The second-order valence-corrected chi connectivity index (χ2v) is 6.46. The number of benzene rings is 2. The molecule has 25 heavy (non-hydrogen) atoms. The Kier molecular flexibility index (Phi) is 6.67. The Morgan fingerprint density at radius 3 is 2.36 bits per heavy atom. The Morgan fingerprint density at radius 1 is 1.08 bits per heavy atom. The minimum atomic E-state index is -0.784. The minimum absolute atomic E-state index is 0.335. The van der Waals surface area contributed by atoms with E-state index < -0.39 is 18.0 Å². The van der Waals surface area contributed by atoms with Gasteiger partial charge in [0.05, 0.1) is 10.0 Å². The van der Waals surface area contributed by atoms with E-state index in [9.17, 15) is 9.59 Å². The molecule has 0 bridgehead atoms. The molecule has 2 amide bonds. The molecule has 5 nitrogen and oxygen atoms in total. The zero-order chi connectivity index (χ0) is 18.4. The molecule has 0 aliphatic carbocycles. The number of nitrogens with two attached hydrogens (primary N) is 1. The lowest BCUT2D eigenvalue weighted by atomic mass is 10.1. The summed E-state index contributed by atoms with van der Waals surface area (Å²) in [5.74, 6) is -0.926. The molecule has 2 aromatic carbocycles. The molecule has 0 spiro atoms. The van der Waals surface area contributed by atoms with Crippen LogP contribution in [0.4, 0.5) is 5.69 Å².